The van der Waals surface area contributed by atoms with Crippen LogP contribution in [0.3, 0.4) is 0 Å². The summed E-state index contributed by atoms with van der Waals surface area (Å²) in [6.45, 7) is 3.18. The smallest absolute Gasteiger partial charge is 0.187 e. The van der Waals surface area contributed by atoms with Gasteiger partial charge in [-0.05, 0) is 5.56 Å². The van der Waals surface area contributed by atoms with Crippen LogP contribution in [0, 0.1) is 0 Å². The molecule has 0 bridgehead atoms. The Hall–Kier alpha value is -1.02. The molecule has 3 heterocycles. The van der Waals surface area contributed by atoms with Gasteiger partial charge in [0.25, 0.3) is 0 Å². The second-order valence-electron chi connectivity index (χ2n) is 5.92. The molecular formula is C17H22O6. The molecule has 0 saturated carbocycles. The van der Waals surface area contributed by atoms with Crippen molar-refractivity contribution >= 4 is 0 Å². The highest BCUT2D eigenvalue weighted by Crippen LogP contribution is 2.32. The van der Waals surface area contributed by atoms with Gasteiger partial charge in [0.2, 0.25) is 0 Å². The van der Waals surface area contributed by atoms with Gasteiger partial charge in [-0.1, -0.05) is 30.3 Å². The summed E-state index contributed by atoms with van der Waals surface area (Å²) < 4.78 is 35.3. The summed E-state index contributed by atoms with van der Waals surface area (Å²) in [7, 11) is 0. The molecule has 3 saturated heterocycles. The number of hydrogen-bond donors (Lipinski definition) is 0. The van der Waals surface area contributed by atoms with E-state index in [9.17, 15) is 0 Å². The average Bonchev–Trinajstić information content (AvgIpc) is 2.85. The second-order valence-corrected chi connectivity index (χ2v) is 5.92. The molecule has 0 aromatic heterocycles. The minimum atomic E-state index is -0.420. The average molecular weight is 322 g/mol. The zero-order valence-corrected chi connectivity index (χ0v) is 13.0. The minimum Gasteiger partial charge on any atom is -0.376 e. The molecule has 3 fully saturated rings. The SMILES string of the molecule is c1ccc(CO[C@@H]2[C@H]3OCCOC[C@H]3O[C@H]3OCCO[C@@H]32)cc1. The molecule has 1 aromatic carbocycles. The molecule has 1 aromatic rings. The van der Waals surface area contributed by atoms with E-state index in [-0.39, 0.29) is 24.4 Å². The standard InChI is InChI=1S/C17H22O6/c1-2-4-12(5-3-1)10-22-15-14-13(11-18-6-7-19-14)23-17-16(15)20-8-9-21-17/h1-5,13-17H,6-11H2/t13-,14+,15-,16-,17-/m1/s1. The summed E-state index contributed by atoms with van der Waals surface area (Å²) >= 11 is 0. The van der Waals surface area contributed by atoms with Gasteiger partial charge in [-0.15, -0.1) is 0 Å². The van der Waals surface area contributed by atoms with E-state index in [2.05, 4.69) is 0 Å². The number of rotatable bonds is 3. The summed E-state index contributed by atoms with van der Waals surface area (Å²) in [4.78, 5) is 0. The van der Waals surface area contributed by atoms with Crippen molar-refractivity contribution in [2.45, 2.75) is 37.3 Å². The summed E-state index contributed by atoms with van der Waals surface area (Å²) in [5, 5.41) is 0. The van der Waals surface area contributed by atoms with Gasteiger partial charge in [0.15, 0.2) is 6.29 Å². The summed E-state index contributed by atoms with van der Waals surface area (Å²) in [6, 6.07) is 10.1. The van der Waals surface area contributed by atoms with Gasteiger partial charge in [0.1, 0.15) is 24.4 Å². The number of ether oxygens (including phenoxy) is 6. The van der Waals surface area contributed by atoms with Crippen molar-refractivity contribution in [2.75, 3.05) is 33.0 Å². The molecule has 23 heavy (non-hydrogen) atoms. The van der Waals surface area contributed by atoms with Gasteiger partial charge in [-0.25, -0.2) is 0 Å². The van der Waals surface area contributed by atoms with E-state index in [0.717, 1.165) is 5.56 Å². The van der Waals surface area contributed by atoms with Gasteiger partial charge in [0.05, 0.1) is 39.6 Å². The van der Waals surface area contributed by atoms with E-state index in [0.29, 0.717) is 39.6 Å². The molecule has 3 aliphatic rings. The largest absolute Gasteiger partial charge is 0.376 e. The van der Waals surface area contributed by atoms with Crippen LogP contribution in [0.1, 0.15) is 5.56 Å². The maximum Gasteiger partial charge on any atom is 0.187 e. The third-order valence-electron chi connectivity index (χ3n) is 4.37. The first-order valence-electron chi connectivity index (χ1n) is 8.15. The molecule has 0 N–H and O–H groups in total. The van der Waals surface area contributed by atoms with Gasteiger partial charge in [0, 0.05) is 0 Å². The van der Waals surface area contributed by atoms with Gasteiger partial charge >= 0.3 is 0 Å². The Balaban J connectivity index is 1.51. The number of fused-ring (bicyclic) bond motifs is 2. The van der Waals surface area contributed by atoms with E-state index in [1.54, 1.807) is 0 Å². The fourth-order valence-corrected chi connectivity index (χ4v) is 3.27. The molecule has 4 rings (SSSR count). The Bertz CT molecular complexity index is 495. The Morgan fingerprint density at radius 1 is 0.913 bits per heavy atom. The molecule has 0 spiro atoms. The second kappa shape index (κ2) is 7.25. The molecule has 6 heteroatoms. The molecule has 0 amide bonds. The first-order chi connectivity index (χ1) is 11.4. The van der Waals surface area contributed by atoms with Gasteiger partial charge < -0.3 is 28.4 Å². The van der Waals surface area contributed by atoms with E-state index in [1.807, 2.05) is 30.3 Å². The van der Waals surface area contributed by atoms with Crippen LogP contribution in [0.15, 0.2) is 30.3 Å². The van der Waals surface area contributed by atoms with Gasteiger partial charge in [-0.2, -0.15) is 0 Å². The van der Waals surface area contributed by atoms with E-state index in [1.165, 1.54) is 0 Å². The highest BCUT2D eigenvalue weighted by atomic mass is 16.7. The lowest BCUT2D eigenvalue weighted by Gasteiger charge is -2.46. The first kappa shape index (κ1) is 15.5. The molecule has 6 nitrogen and oxygen atoms in total. The first-order valence-corrected chi connectivity index (χ1v) is 8.15. The predicted molar refractivity (Wildman–Crippen MR) is 79.9 cm³/mol. The molecule has 5 atom stereocenters. The van der Waals surface area contributed by atoms with E-state index in [4.69, 9.17) is 28.4 Å². The Kier molecular flexibility index (Phi) is 4.89. The van der Waals surface area contributed by atoms with Crippen LogP contribution in [0.5, 0.6) is 0 Å². The molecular weight excluding hydrogens is 300 g/mol. The predicted octanol–water partition coefficient (Wildman–Crippen LogP) is 1.13. The quantitative estimate of drug-likeness (QED) is 0.831. The zero-order valence-electron chi connectivity index (χ0n) is 13.0. The van der Waals surface area contributed by atoms with Crippen LogP contribution >= 0.6 is 0 Å². The fourth-order valence-electron chi connectivity index (χ4n) is 3.27. The third-order valence-corrected chi connectivity index (χ3v) is 4.37. The van der Waals surface area contributed by atoms with Gasteiger partial charge in [-0.3, -0.25) is 0 Å². The molecule has 0 radical (unpaired) electrons. The Morgan fingerprint density at radius 3 is 2.61 bits per heavy atom. The van der Waals surface area contributed by atoms with E-state index >= 15 is 0 Å². The van der Waals surface area contributed by atoms with Crippen molar-refractivity contribution in [3.63, 3.8) is 0 Å². The lowest BCUT2D eigenvalue weighted by atomic mass is 9.98. The monoisotopic (exact) mass is 322 g/mol. The topological polar surface area (TPSA) is 55.4 Å². The van der Waals surface area contributed by atoms with Crippen molar-refractivity contribution in [2.24, 2.45) is 0 Å². The van der Waals surface area contributed by atoms with Crippen molar-refractivity contribution < 1.29 is 28.4 Å². The van der Waals surface area contributed by atoms with Crippen LogP contribution in [0.2, 0.25) is 0 Å². The number of benzene rings is 1. The minimum absolute atomic E-state index is 0.193. The lowest BCUT2D eigenvalue weighted by molar-refractivity contribution is -0.341. The molecule has 0 aliphatic carbocycles. The highest BCUT2D eigenvalue weighted by Gasteiger charge is 2.50. The van der Waals surface area contributed by atoms with E-state index < -0.39 is 6.29 Å². The maximum atomic E-state index is 6.20. The highest BCUT2D eigenvalue weighted by molar-refractivity contribution is 5.13. The summed E-state index contributed by atoms with van der Waals surface area (Å²) in [5.74, 6) is 0. The third kappa shape index (κ3) is 3.42. The van der Waals surface area contributed by atoms with Crippen LogP contribution < -0.4 is 0 Å². The van der Waals surface area contributed by atoms with Crippen molar-refractivity contribution in [1.82, 2.24) is 0 Å². The maximum absolute atomic E-state index is 6.20. The molecule has 126 valence electrons. The fraction of sp³-hybridized carbons (Fsp3) is 0.647. The van der Waals surface area contributed by atoms with Crippen molar-refractivity contribution in [3.8, 4) is 0 Å². The number of hydrogen-bond acceptors (Lipinski definition) is 6. The zero-order chi connectivity index (χ0) is 15.5. The van der Waals surface area contributed by atoms with Crippen molar-refractivity contribution in [1.29, 1.82) is 0 Å². The van der Waals surface area contributed by atoms with Crippen LogP contribution in [-0.4, -0.2) is 63.7 Å². The molecule has 3 aliphatic heterocycles. The Morgan fingerprint density at radius 2 is 1.70 bits per heavy atom. The Labute approximate surface area is 135 Å². The van der Waals surface area contributed by atoms with Crippen molar-refractivity contribution in [3.05, 3.63) is 35.9 Å². The summed E-state index contributed by atoms with van der Waals surface area (Å²) in [6.07, 6.45) is -1.32. The van der Waals surface area contributed by atoms with Crippen LogP contribution in [0.4, 0.5) is 0 Å². The normalized spacial score (nSPS) is 37.5. The van der Waals surface area contributed by atoms with Crippen LogP contribution in [-0.2, 0) is 35.0 Å². The lowest BCUT2D eigenvalue weighted by Crippen LogP contribution is -2.63. The molecule has 0 unspecified atom stereocenters. The van der Waals surface area contributed by atoms with Crippen LogP contribution in [0.25, 0.3) is 0 Å². The summed E-state index contributed by atoms with van der Waals surface area (Å²) in [5.41, 5.74) is 1.12.